The van der Waals surface area contributed by atoms with Gasteiger partial charge < -0.3 is 15.0 Å². The molecule has 0 radical (unpaired) electrons. The summed E-state index contributed by atoms with van der Waals surface area (Å²) in [7, 11) is 1.89. The minimum Gasteiger partial charge on any atom is -0.485 e. The lowest BCUT2D eigenvalue weighted by Crippen LogP contribution is -2.09. The Labute approximate surface area is 107 Å². The molecule has 0 fully saturated rings. The van der Waals surface area contributed by atoms with Crippen molar-refractivity contribution in [1.82, 2.24) is 14.8 Å². The minimum atomic E-state index is -0.0561. The van der Waals surface area contributed by atoms with Crippen LogP contribution in [0.2, 0.25) is 0 Å². The highest BCUT2D eigenvalue weighted by Gasteiger charge is 2.10. The van der Waals surface area contributed by atoms with Crippen molar-refractivity contribution in [2.75, 3.05) is 0 Å². The van der Waals surface area contributed by atoms with Crippen LogP contribution in [0.4, 0.5) is 0 Å². The summed E-state index contributed by atoms with van der Waals surface area (Å²) >= 11 is 0. The molecule has 1 heterocycles. The van der Waals surface area contributed by atoms with E-state index in [1.165, 1.54) is 5.56 Å². The molecule has 0 aliphatic carbocycles. The first-order valence-corrected chi connectivity index (χ1v) is 5.89. The predicted octanol–water partition coefficient (Wildman–Crippen LogP) is 1.72. The van der Waals surface area contributed by atoms with Crippen LogP contribution in [-0.4, -0.2) is 14.8 Å². The largest absolute Gasteiger partial charge is 0.485 e. The number of ether oxygens (including phenoxy) is 1. The molecular weight excluding hydrogens is 228 g/mol. The van der Waals surface area contributed by atoms with Crippen LogP contribution in [0.15, 0.2) is 24.5 Å². The maximum atomic E-state index is 5.95. The summed E-state index contributed by atoms with van der Waals surface area (Å²) in [4.78, 5) is 0. The second kappa shape index (κ2) is 5.18. The average Bonchev–Trinajstić information content (AvgIpc) is 2.73. The van der Waals surface area contributed by atoms with E-state index in [1.807, 2.05) is 37.6 Å². The fourth-order valence-corrected chi connectivity index (χ4v) is 1.74. The van der Waals surface area contributed by atoms with Crippen molar-refractivity contribution in [3.8, 4) is 5.75 Å². The summed E-state index contributed by atoms with van der Waals surface area (Å²) in [6, 6.07) is 5.96. The monoisotopic (exact) mass is 246 g/mol. The van der Waals surface area contributed by atoms with Crippen LogP contribution in [0.3, 0.4) is 0 Å². The van der Waals surface area contributed by atoms with Crippen molar-refractivity contribution < 1.29 is 4.74 Å². The summed E-state index contributed by atoms with van der Waals surface area (Å²) < 4.78 is 7.61. The standard InChI is InChI=1S/C13H18N4O/c1-9-4-5-12(11(6-9)10(2)14)18-7-13-16-15-8-17(13)3/h4-6,8,10H,7,14H2,1-3H3/t10-/m0/s1. The zero-order chi connectivity index (χ0) is 13.1. The normalized spacial score (nSPS) is 12.4. The number of hydrogen-bond donors (Lipinski definition) is 1. The number of rotatable bonds is 4. The first kappa shape index (κ1) is 12.6. The van der Waals surface area contributed by atoms with Crippen LogP contribution in [-0.2, 0) is 13.7 Å². The van der Waals surface area contributed by atoms with Gasteiger partial charge in [0.2, 0.25) is 0 Å². The molecule has 0 saturated heterocycles. The van der Waals surface area contributed by atoms with E-state index in [9.17, 15) is 0 Å². The highest BCUT2D eigenvalue weighted by Crippen LogP contribution is 2.25. The topological polar surface area (TPSA) is 66.0 Å². The van der Waals surface area contributed by atoms with E-state index in [4.69, 9.17) is 10.5 Å². The Morgan fingerprint density at radius 1 is 1.44 bits per heavy atom. The average molecular weight is 246 g/mol. The summed E-state index contributed by atoms with van der Waals surface area (Å²) in [5, 5.41) is 7.79. The number of benzene rings is 1. The molecule has 0 aliphatic rings. The molecule has 1 aromatic heterocycles. The van der Waals surface area contributed by atoms with E-state index in [0.717, 1.165) is 17.1 Å². The van der Waals surface area contributed by atoms with Crippen LogP contribution in [0.25, 0.3) is 0 Å². The third-order valence-electron chi connectivity index (χ3n) is 2.82. The zero-order valence-electron chi connectivity index (χ0n) is 10.9. The van der Waals surface area contributed by atoms with Gasteiger partial charge in [0.25, 0.3) is 0 Å². The summed E-state index contributed by atoms with van der Waals surface area (Å²) in [6.45, 7) is 4.38. The molecule has 0 aliphatic heterocycles. The zero-order valence-corrected chi connectivity index (χ0v) is 10.9. The highest BCUT2D eigenvalue weighted by molar-refractivity contribution is 5.38. The Bertz CT molecular complexity index is 534. The molecule has 2 N–H and O–H groups in total. The number of nitrogens with zero attached hydrogens (tertiary/aromatic N) is 3. The lowest BCUT2D eigenvalue weighted by atomic mass is 10.1. The Balaban J connectivity index is 2.16. The van der Waals surface area contributed by atoms with Crippen molar-refractivity contribution in [2.45, 2.75) is 26.5 Å². The maximum absolute atomic E-state index is 5.95. The van der Waals surface area contributed by atoms with Crippen LogP contribution in [0, 0.1) is 6.92 Å². The van der Waals surface area contributed by atoms with Gasteiger partial charge in [0.15, 0.2) is 5.82 Å². The van der Waals surface area contributed by atoms with Gasteiger partial charge in [-0.05, 0) is 19.9 Å². The van der Waals surface area contributed by atoms with Crippen LogP contribution >= 0.6 is 0 Å². The van der Waals surface area contributed by atoms with Gasteiger partial charge in [-0.15, -0.1) is 10.2 Å². The molecule has 0 saturated carbocycles. The Morgan fingerprint density at radius 2 is 2.22 bits per heavy atom. The quantitative estimate of drug-likeness (QED) is 0.892. The number of aromatic nitrogens is 3. The number of aryl methyl sites for hydroxylation is 2. The van der Waals surface area contributed by atoms with E-state index < -0.39 is 0 Å². The molecule has 5 nitrogen and oxygen atoms in total. The molecule has 96 valence electrons. The van der Waals surface area contributed by atoms with Gasteiger partial charge in [-0.25, -0.2) is 0 Å². The van der Waals surface area contributed by atoms with E-state index in [-0.39, 0.29) is 6.04 Å². The molecular formula is C13H18N4O. The second-order valence-electron chi connectivity index (χ2n) is 4.48. The molecule has 0 bridgehead atoms. The molecule has 0 amide bonds. The van der Waals surface area contributed by atoms with Gasteiger partial charge in [-0.1, -0.05) is 17.7 Å². The molecule has 2 aromatic rings. The molecule has 5 heteroatoms. The Kier molecular flexibility index (Phi) is 3.62. The summed E-state index contributed by atoms with van der Waals surface area (Å²) in [5.74, 6) is 1.59. The second-order valence-corrected chi connectivity index (χ2v) is 4.48. The molecule has 2 rings (SSSR count). The fourth-order valence-electron chi connectivity index (χ4n) is 1.74. The molecule has 1 atom stereocenters. The first-order chi connectivity index (χ1) is 8.58. The number of nitrogens with two attached hydrogens (primary N) is 1. The van der Waals surface area contributed by atoms with Crippen molar-refractivity contribution >= 4 is 0 Å². The molecule has 1 aromatic carbocycles. The Morgan fingerprint density at radius 3 is 2.83 bits per heavy atom. The van der Waals surface area contributed by atoms with E-state index in [1.54, 1.807) is 6.33 Å². The first-order valence-electron chi connectivity index (χ1n) is 5.89. The van der Waals surface area contributed by atoms with Crippen molar-refractivity contribution in [3.05, 3.63) is 41.5 Å². The van der Waals surface area contributed by atoms with Crippen LogP contribution < -0.4 is 10.5 Å². The van der Waals surface area contributed by atoms with E-state index >= 15 is 0 Å². The predicted molar refractivity (Wildman–Crippen MR) is 69.1 cm³/mol. The van der Waals surface area contributed by atoms with Crippen LogP contribution in [0.1, 0.15) is 29.9 Å². The van der Waals surface area contributed by atoms with Gasteiger partial charge in [-0.3, -0.25) is 0 Å². The van der Waals surface area contributed by atoms with E-state index in [0.29, 0.717) is 6.61 Å². The SMILES string of the molecule is Cc1ccc(OCc2nncn2C)c([C@H](C)N)c1. The van der Waals surface area contributed by atoms with Gasteiger partial charge in [0.05, 0.1) is 0 Å². The number of hydrogen-bond acceptors (Lipinski definition) is 4. The fraction of sp³-hybridized carbons (Fsp3) is 0.385. The van der Waals surface area contributed by atoms with Crippen molar-refractivity contribution in [2.24, 2.45) is 12.8 Å². The van der Waals surface area contributed by atoms with Crippen molar-refractivity contribution in [1.29, 1.82) is 0 Å². The Hall–Kier alpha value is -1.88. The smallest absolute Gasteiger partial charge is 0.170 e. The summed E-state index contributed by atoms with van der Waals surface area (Å²) in [5.41, 5.74) is 8.13. The molecule has 0 unspecified atom stereocenters. The highest BCUT2D eigenvalue weighted by atomic mass is 16.5. The van der Waals surface area contributed by atoms with E-state index in [2.05, 4.69) is 16.3 Å². The molecule has 18 heavy (non-hydrogen) atoms. The minimum absolute atomic E-state index is 0.0561. The lowest BCUT2D eigenvalue weighted by Gasteiger charge is -2.14. The molecule has 0 spiro atoms. The third kappa shape index (κ3) is 2.68. The van der Waals surface area contributed by atoms with Crippen molar-refractivity contribution in [3.63, 3.8) is 0 Å². The van der Waals surface area contributed by atoms with Gasteiger partial charge in [0, 0.05) is 18.7 Å². The van der Waals surface area contributed by atoms with Gasteiger partial charge >= 0.3 is 0 Å². The third-order valence-corrected chi connectivity index (χ3v) is 2.82. The van der Waals surface area contributed by atoms with Gasteiger partial charge in [0.1, 0.15) is 18.7 Å². The van der Waals surface area contributed by atoms with Gasteiger partial charge in [-0.2, -0.15) is 0 Å². The van der Waals surface area contributed by atoms with Crippen LogP contribution in [0.5, 0.6) is 5.75 Å². The lowest BCUT2D eigenvalue weighted by molar-refractivity contribution is 0.287. The maximum Gasteiger partial charge on any atom is 0.170 e. The summed E-state index contributed by atoms with van der Waals surface area (Å²) in [6.07, 6.45) is 1.65.